The van der Waals surface area contributed by atoms with Gasteiger partial charge in [0.15, 0.2) is 0 Å². The van der Waals surface area contributed by atoms with Crippen molar-refractivity contribution in [3.63, 3.8) is 0 Å². The first-order valence-corrected chi connectivity index (χ1v) is 47.1. The highest BCUT2D eigenvalue weighted by Crippen LogP contribution is 2.43. The first kappa shape index (κ1) is 98.0. The molecular weight excluding hydrogens is 1940 g/mol. The van der Waals surface area contributed by atoms with Crippen LogP contribution in [0.1, 0.15) is 217 Å². The zero-order chi connectivity index (χ0) is 89.0. The van der Waals surface area contributed by atoms with Gasteiger partial charge >= 0.3 is 6.09 Å². The number of pyridine rings is 3. The van der Waals surface area contributed by atoms with Crippen LogP contribution in [0, 0.1) is 34.0 Å². The van der Waals surface area contributed by atoms with E-state index < -0.39 is 29.0 Å². The second-order valence-corrected chi connectivity index (χ2v) is 42.6. The molecule has 0 spiro atoms. The minimum Gasteiger partial charge on any atom is -0.444 e. The molecule has 7 atom stereocenters. The van der Waals surface area contributed by atoms with Gasteiger partial charge in [-0.25, -0.2) is 19.7 Å². The van der Waals surface area contributed by atoms with E-state index in [-0.39, 0.29) is 49.0 Å². The van der Waals surface area contributed by atoms with Crippen molar-refractivity contribution in [3.8, 4) is 0 Å². The Bertz CT molecular complexity index is 5610. The molecule has 6 aromatic heterocycles. The predicted octanol–water partition coefficient (Wildman–Crippen LogP) is 26.3. The highest BCUT2D eigenvalue weighted by molar-refractivity contribution is 9.11. The van der Waals surface area contributed by atoms with E-state index in [2.05, 4.69) is 203 Å². The van der Waals surface area contributed by atoms with E-state index in [1.54, 1.807) is 20.8 Å². The summed E-state index contributed by atoms with van der Waals surface area (Å²) in [6.45, 7) is 30.4. The van der Waals surface area contributed by atoms with E-state index >= 15 is 0 Å². The number of thiophene rings is 3. The number of ether oxygens (including phenoxy) is 1. The van der Waals surface area contributed by atoms with Crippen molar-refractivity contribution in [1.29, 1.82) is 0 Å². The van der Waals surface area contributed by atoms with Crippen LogP contribution >= 0.6 is 125 Å². The second kappa shape index (κ2) is 44.9. The van der Waals surface area contributed by atoms with E-state index in [4.69, 9.17) is 53.8 Å². The van der Waals surface area contributed by atoms with Crippen molar-refractivity contribution in [2.24, 2.45) is 55.7 Å². The maximum atomic E-state index is 13.1. The summed E-state index contributed by atoms with van der Waals surface area (Å²) >= 11 is 26.8. The third-order valence-corrected chi connectivity index (χ3v) is 27.4. The maximum Gasteiger partial charge on any atom is 0.408 e. The van der Waals surface area contributed by atoms with E-state index in [0.29, 0.717) is 49.8 Å². The Balaban J connectivity index is 0.000000174. The molecule has 0 radical (unpaired) electrons. The monoisotopic (exact) mass is 2040 g/mol. The molecule has 5 aromatic carbocycles. The van der Waals surface area contributed by atoms with Crippen molar-refractivity contribution in [2.75, 3.05) is 26.2 Å². The van der Waals surface area contributed by atoms with Crippen LogP contribution in [0.25, 0.3) is 57.6 Å². The summed E-state index contributed by atoms with van der Waals surface area (Å²) in [6, 6.07) is 49.7. The minimum absolute atomic E-state index is 0.0982. The highest BCUT2D eigenvalue weighted by atomic mass is 79.9. The van der Waals surface area contributed by atoms with Gasteiger partial charge in [0.2, 0.25) is 0 Å². The number of carbonyl (C=O) groups excluding carboxylic acids is 4. The molecule has 3 aliphatic carbocycles. The van der Waals surface area contributed by atoms with Crippen molar-refractivity contribution in [2.45, 2.75) is 171 Å². The average molecular weight is 2050 g/mol. The number of nitrogens with two attached hydrogens (primary N) is 2. The number of aliphatic hydroxyl groups excluding tert-OH is 1. The van der Waals surface area contributed by atoms with Gasteiger partial charge in [-0.2, -0.15) is 0 Å². The molecule has 11 aromatic rings. The van der Waals surface area contributed by atoms with E-state index in [0.717, 1.165) is 126 Å². The molecule has 29 heteroatoms. The number of benzene rings is 5. The molecule has 3 amide bonds. The van der Waals surface area contributed by atoms with Gasteiger partial charge in [0.05, 0.1) is 45.9 Å². The van der Waals surface area contributed by atoms with Gasteiger partial charge < -0.3 is 37.3 Å². The van der Waals surface area contributed by atoms with E-state index in [9.17, 15) is 24.3 Å². The summed E-state index contributed by atoms with van der Waals surface area (Å²) in [5.41, 5.74) is 41.3. The second-order valence-electron chi connectivity index (χ2n) is 34.6. The molecule has 20 nitrogen and oxygen atoms in total. The number of hydrogen-bond donors (Lipinski definition) is 6. The zero-order valence-electron chi connectivity index (χ0n) is 70.7. The van der Waals surface area contributed by atoms with Crippen LogP contribution in [0.15, 0.2) is 197 Å². The number of nitrogens with one attached hydrogen (secondary N) is 3. The number of hydrogen-bond acceptors (Lipinski definition) is 16. The van der Waals surface area contributed by atoms with Gasteiger partial charge in [0.1, 0.15) is 20.1 Å². The Labute approximate surface area is 774 Å². The lowest BCUT2D eigenvalue weighted by Gasteiger charge is -2.34. The lowest BCUT2D eigenvalue weighted by molar-refractivity contribution is 0.0481. The number of aromatic nitrogens is 3. The van der Waals surface area contributed by atoms with Gasteiger partial charge in [-0.05, 0) is 277 Å². The van der Waals surface area contributed by atoms with Crippen LogP contribution in [-0.4, -0.2) is 75.1 Å². The third-order valence-electron chi connectivity index (χ3n) is 21.4. The average Bonchev–Trinajstić information content (AvgIpc) is 1.58. The fourth-order valence-corrected chi connectivity index (χ4v) is 19.4. The van der Waals surface area contributed by atoms with Crippen LogP contribution in [0.4, 0.5) is 4.79 Å². The first-order chi connectivity index (χ1) is 57.7. The molecule has 0 saturated heterocycles. The number of halogens is 6. The third kappa shape index (κ3) is 29.2. The number of nitrogens with zero attached hydrogens (tertiary/aromatic N) is 9. The Morgan fingerprint density at radius 3 is 1.23 bits per heavy atom. The lowest BCUT2D eigenvalue weighted by Crippen LogP contribution is -2.36. The molecule has 122 heavy (non-hydrogen) atoms. The molecular formula is C93H106Br5ClN14O6S3. The molecule has 644 valence electrons. The smallest absolute Gasteiger partial charge is 0.408 e. The van der Waals surface area contributed by atoms with Crippen molar-refractivity contribution in [3.05, 3.63) is 284 Å². The normalized spacial score (nSPS) is 15.7. The summed E-state index contributed by atoms with van der Waals surface area (Å²) < 4.78 is 9.99. The summed E-state index contributed by atoms with van der Waals surface area (Å²) in [5, 5.41) is 27.9. The Morgan fingerprint density at radius 1 is 0.525 bits per heavy atom. The number of alkyl carbamates (subject to hydrolysis) is 1. The van der Waals surface area contributed by atoms with Crippen LogP contribution < -0.4 is 27.4 Å². The van der Waals surface area contributed by atoms with Crippen molar-refractivity contribution in [1.82, 2.24) is 30.9 Å². The maximum absolute atomic E-state index is 13.1. The summed E-state index contributed by atoms with van der Waals surface area (Å²) in [6.07, 6.45) is 11.0. The minimum atomic E-state index is -0.554. The molecule has 3 unspecified atom stereocenters. The molecule has 0 aliphatic heterocycles. The number of fused-ring (bicyclic) bond motifs is 6. The number of aryl methyl sites for hydroxylation is 3. The van der Waals surface area contributed by atoms with Gasteiger partial charge in [0, 0.05) is 84.6 Å². The summed E-state index contributed by atoms with van der Waals surface area (Å²) in [5.74, 6) is 1.72. The van der Waals surface area contributed by atoms with E-state index in [1.807, 2.05) is 146 Å². The van der Waals surface area contributed by atoms with Crippen LogP contribution in [0.5, 0.6) is 0 Å². The largest absolute Gasteiger partial charge is 0.444 e. The van der Waals surface area contributed by atoms with Gasteiger partial charge in [-0.3, -0.25) is 14.4 Å². The topological polar surface area (TPSA) is 322 Å². The van der Waals surface area contributed by atoms with Crippen molar-refractivity contribution >= 4 is 185 Å². The molecule has 8 N–H and O–H groups in total. The number of aliphatic hydroxyl groups is 1. The predicted molar refractivity (Wildman–Crippen MR) is 518 cm³/mol. The number of azide groups is 2. The Morgan fingerprint density at radius 2 is 0.877 bits per heavy atom. The lowest BCUT2D eigenvalue weighted by atomic mass is 9.71. The Hall–Kier alpha value is -7.76. The van der Waals surface area contributed by atoms with Crippen LogP contribution in [0.2, 0.25) is 0 Å². The fraction of sp³-hybridized carbons (Fsp3) is 0.387. The van der Waals surface area contributed by atoms with Gasteiger partial charge in [-0.15, -0.1) is 34.0 Å². The SMILES string of the molecule is C=Cc1cccc(Br)c1.CC(C)(C)C1CCc2nc3sc(C(=O)Cl)cc3cc2C1.CC(C)(C)C1CCc2nc3sc(C(=O)N[C@H](CN)c4cccc(Br)c4)cc3cc2C1.CC(C)(C)C1CCc2nc3sc(C(=O)N[C@H](CN=[N+]=[N-])c4cccc(Br)c4)cc3cc2C1.CC(C)(C)OC(=O)N[C@H](CO)c1cccc(Br)c1.[N-]=[N+]=NC[C@@H](N)c1cccc(Br)c1. The number of carbonyl (C=O) groups is 4. The molecule has 0 fully saturated rings. The molecule has 14 rings (SSSR count). The fourth-order valence-electron chi connectivity index (χ4n) is 14.5. The standard InChI is InChI=1S/C24H26BrN5OS.C24H28BrN3OS.C16H18ClNOS.C13H18BrNO3.C8H9BrN4.C8H7Br/c1-24(2,3)17-7-8-19-15(10-17)9-16-12-21(32-23(16)29-19)22(31)28-20(13-27-30-26)14-5-4-6-18(25)11-14;1-24(2,3)17-7-8-19-15(10-17)9-16-12-21(30-23(16)28-19)22(29)27-20(13-26)14-5-4-6-18(25)11-14;1-16(2,3)11-4-5-12-9(7-11)6-10-8-13(14(17)19)20-15(10)18-12;1-13(2,3)18-12(17)15-11(8-16)9-5-4-6-10(14)7-9;9-7-3-1-2-6(4-7)8(10)5-12-13-11;1-2-7-4-3-5-8(9)6-7/h4-6,9,11-12,17,20H,7-8,10,13H2,1-3H3,(H,28,31);4-6,9,11-12,17,20H,7-8,10,13,26H2,1-3H3,(H,27,29);6,8,11H,4-5,7H2,1-3H3;4-7,11,16H,8H2,1-3H3,(H,15,17);1-4,8H,5,10H2;2-6H,1H2/t2*17?,20-;;11-;8-;/m11.11./s1. The van der Waals surface area contributed by atoms with Crippen LogP contribution in [0.3, 0.4) is 0 Å². The number of rotatable bonds is 17. The van der Waals surface area contributed by atoms with Gasteiger partial charge in [-0.1, -0.05) is 226 Å². The number of amides is 3. The molecule has 0 saturated carbocycles. The molecule has 0 bridgehead atoms. The summed E-state index contributed by atoms with van der Waals surface area (Å²) in [4.78, 5) is 73.7. The highest BCUT2D eigenvalue weighted by Gasteiger charge is 2.34. The quantitative estimate of drug-likeness (QED) is 0.0215. The van der Waals surface area contributed by atoms with Crippen molar-refractivity contribution < 1.29 is 29.0 Å². The first-order valence-electron chi connectivity index (χ1n) is 40.3. The molecule has 3 aliphatic rings. The molecule has 6 heterocycles. The van der Waals surface area contributed by atoms with E-state index in [1.165, 1.54) is 80.6 Å². The Kier molecular flexibility index (Phi) is 36.1. The summed E-state index contributed by atoms with van der Waals surface area (Å²) in [7, 11) is 0. The zero-order valence-corrected chi connectivity index (χ0v) is 81.8. The van der Waals surface area contributed by atoms with Gasteiger partial charge in [0.25, 0.3) is 17.1 Å². The van der Waals surface area contributed by atoms with Crippen LogP contribution in [-0.2, 0) is 43.3 Å².